The van der Waals surface area contributed by atoms with Crippen molar-refractivity contribution in [2.24, 2.45) is 0 Å². The predicted molar refractivity (Wildman–Crippen MR) is 241 cm³/mol. The second kappa shape index (κ2) is 18.3. The molecule has 0 radical (unpaired) electrons. The summed E-state index contributed by atoms with van der Waals surface area (Å²) in [5.41, 5.74) is 11.6. The van der Waals surface area contributed by atoms with Gasteiger partial charge in [-0.05, 0) is 37.4 Å². The van der Waals surface area contributed by atoms with Gasteiger partial charge in [0.05, 0.1) is 0 Å². The maximum Gasteiger partial charge on any atom is 2.00 e. The quantitative estimate of drug-likeness (QED) is 0.133. The van der Waals surface area contributed by atoms with Gasteiger partial charge in [-0.25, -0.2) is 4.98 Å². The summed E-state index contributed by atoms with van der Waals surface area (Å²) in [6.45, 7) is 3.48. The fraction of sp³-hybridized carbons (Fsp3) is 0.0392. The minimum absolute atomic E-state index is 0. The third-order valence-electron chi connectivity index (χ3n) is 10.7. The topological polar surface area (TPSA) is 69.4 Å². The van der Waals surface area contributed by atoms with Crippen LogP contribution in [0.1, 0.15) is 11.6 Å². The van der Waals surface area contributed by atoms with Crippen molar-refractivity contribution in [1.82, 2.24) is 29.5 Å². The second-order valence-electron chi connectivity index (χ2n) is 14.6. The summed E-state index contributed by atoms with van der Waals surface area (Å²) >= 11 is 0. The zero-order chi connectivity index (χ0) is 39.7. The van der Waals surface area contributed by atoms with Gasteiger partial charge in [0.1, 0.15) is 11.6 Å². The molecule has 0 unspecified atom stereocenters. The van der Waals surface area contributed by atoms with Crippen LogP contribution in [0, 0.1) is 38.1 Å². The third kappa shape index (κ3) is 8.36. The van der Waals surface area contributed by atoms with Gasteiger partial charge < -0.3 is 14.5 Å². The fourth-order valence-electron chi connectivity index (χ4n) is 8.13. The van der Waals surface area contributed by atoms with E-state index in [1.165, 1.54) is 0 Å². The van der Waals surface area contributed by atoms with E-state index in [1.807, 2.05) is 74.8 Å². The first-order chi connectivity index (χ1) is 29.1. The second-order valence-corrected chi connectivity index (χ2v) is 14.6. The number of pyridine rings is 2. The zero-order valence-corrected chi connectivity index (χ0v) is 37.7. The van der Waals surface area contributed by atoms with Crippen molar-refractivity contribution >= 4 is 68.0 Å². The Morgan fingerprint density at radius 2 is 0.836 bits per heavy atom. The molecule has 0 fully saturated rings. The third-order valence-corrected chi connectivity index (χ3v) is 10.7. The van der Waals surface area contributed by atoms with E-state index < -0.39 is 0 Å². The molecule has 0 saturated carbocycles. The number of nitrogens with zero attached hydrogens (tertiary/aromatic N) is 6. The van der Waals surface area contributed by atoms with Gasteiger partial charge in [0, 0.05) is 12.4 Å². The molecule has 61 heavy (non-hydrogen) atoms. The van der Waals surface area contributed by atoms with E-state index >= 15 is 0 Å². The molecule has 0 atom stereocenters. The largest absolute Gasteiger partial charge is 2.00 e. The van der Waals surface area contributed by atoms with Crippen LogP contribution >= 0.6 is 0 Å². The molecule has 0 saturated heterocycles. The first-order valence-electron chi connectivity index (χ1n) is 19.7. The standard InChI is InChI=1S/C51H34B2N6.2Pt/c1-35-56-36(2)58-51(57-35)59-49-33-43(52(39-17-5-3-6-18-39)41-21-13-15-37(31-41)47-23-9-11-29-54-47)25-27-45(49)46-28-26-44(34-50(46)59)53(40-19-7-4-8-20-40)42-22-14-16-38(32-42)48-24-10-12-30-55-48;;/h3-30H,1-2H3;;/q-4;2*+2. The van der Waals surface area contributed by atoms with Crippen molar-refractivity contribution in [3.63, 3.8) is 0 Å². The van der Waals surface area contributed by atoms with Crippen LogP contribution < -0.4 is 32.8 Å². The SMILES string of the molecule is Cc1nc(C)nc(-n2c3[c-]c(B(c4[c-]c(-c5ccccn5)ccc4)c4ccccc4)ccc3c3ccc(B(c4[c-]c(-c5ccccn5)ccc4)c4ccccc4)[c-]c32)n1.[Pt+2].[Pt+2]. The normalized spacial score (nSPS) is 10.9. The summed E-state index contributed by atoms with van der Waals surface area (Å²) in [6, 6.07) is 69.6. The van der Waals surface area contributed by atoms with Crippen LogP contribution in [-0.2, 0) is 42.1 Å². The maximum atomic E-state index is 4.92. The van der Waals surface area contributed by atoms with Crippen LogP contribution in [0.15, 0.2) is 170 Å². The zero-order valence-electron chi connectivity index (χ0n) is 33.1. The average Bonchev–Trinajstić information content (AvgIpc) is 3.61. The Bertz CT molecular complexity index is 2890. The molecule has 0 aliphatic carbocycles. The molecule has 10 heteroatoms. The van der Waals surface area contributed by atoms with Crippen molar-refractivity contribution < 1.29 is 42.1 Å². The van der Waals surface area contributed by atoms with E-state index in [2.05, 4.69) is 153 Å². The first kappa shape index (κ1) is 41.7. The summed E-state index contributed by atoms with van der Waals surface area (Å²) in [7, 11) is 0. The van der Waals surface area contributed by atoms with Gasteiger partial charge in [0.2, 0.25) is 5.95 Å². The van der Waals surface area contributed by atoms with Crippen LogP contribution in [0.3, 0.4) is 0 Å². The minimum Gasteiger partial charge on any atom is -0.328 e. The molecule has 6 nitrogen and oxygen atoms in total. The van der Waals surface area contributed by atoms with E-state index in [-0.39, 0.29) is 55.6 Å². The maximum absolute atomic E-state index is 4.92. The number of rotatable bonds is 9. The number of hydrogen-bond donors (Lipinski definition) is 0. The van der Waals surface area contributed by atoms with Crippen molar-refractivity contribution in [3.8, 4) is 28.5 Å². The fourth-order valence-corrected chi connectivity index (χ4v) is 8.13. The molecule has 10 rings (SSSR count). The summed E-state index contributed by atoms with van der Waals surface area (Å²) in [5, 5.41) is 2.06. The number of hydrogen-bond acceptors (Lipinski definition) is 5. The van der Waals surface area contributed by atoms with Crippen LogP contribution in [0.25, 0.3) is 50.3 Å². The van der Waals surface area contributed by atoms with Gasteiger partial charge in [-0.2, -0.15) is 79.0 Å². The molecule has 0 spiro atoms. The Hall–Kier alpha value is -6.06. The Morgan fingerprint density at radius 3 is 1.26 bits per heavy atom. The summed E-state index contributed by atoms with van der Waals surface area (Å²) in [4.78, 5) is 23.6. The summed E-state index contributed by atoms with van der Waals surface area (Å²) in [6.07, 6.45) is 3.63. The smallest absolute Gasteiger partial charge is 0.328 e. The van der Waals surface area contributed by atoms with Gasteiger partial charge in [-0.1, -0.05) is 107 Å². The van der Waals surface area contributed by atoms with Gasteiger partial charge in [0.25, 0.3) is 0 Å². The molecular formula is C51H34B2N6Pt2. The van der Waals surface area contributed by atoms with Crippen molar-refractivity contribution in [1.29, 1.82) is 0 Å². The number of benzene rings is 6. The van der Waals surface area contributed by atoms with Crippen LogP contribution in [0.2, 0.25) is 0 Å². The molecule has 0 aliphatic heterocycles. The van der Waals surface area contributed by atoms with Crippen molar-refractivity contribution in [3.05, 3.63) is 206 Å². The van der Waals surface area contributed by atoms with E-state index in [9.17, 15) is 0 Å². The van der Waals surface area contributed by atoms with E-state index in [0.29, 0.717) is 17.6 Å². The summed E-state index contributed by atoms with van der Waals surface area (Å²) < 4.78 is 2.10. The van der Waals surface area contributed by atoms with Crippen LogP contribution in [-0.4, -0.2) is 42.9 Å². The predicted octanol–water partition coefficient (Wildman–Crippen LogP) is 5.94. The molecular weight excluding hydrogens is 1110 g/mol. The molecule has 0 bridgehead atoms. The van der Waals surface area contributed by atoms with Gasteiger partial charge in [0.15, 0.2) is 13.4 Å². The average molecular weight is 1140 g/mol. The van der Waals surface area contributed by atoms with E-state index in [1.54, 1.807) is 0 Å². The molecule has 0 N–H and O–H groups in total. The number of fused-ring (bicyclic) bond motifs is 3. The van der Waals surface area contributed by atoms with E-state index in [0.717, 1.165) is 77.1 Å². The monoisotopic (exact) mass is 1140 g/mol. The Balaban J connectivity index is 0.00000257. The molecule has 0 amide bonds. The van der Waals surface area contributed by atoms with Crippen molar-refractivity contribution in [2.75, 3.05) is 0 Å². The summed E-state index contributed by atoms with van der Waals surface area (Å²) in [5.74, 6) is 1.80. The molecule has 4 aromatic heterocycles. The molecule has 294 valence electrons. The van der Waals surface area contributed by atoms with Gasteiger partial charge >= 0.3 is 42.1 Å². The van der Waals surface area contributed by atoms with Gasteiger partial charge in [-0.15, -0.1) is 59.7 Å². The Kier molecular flexibility index (Phi) is 12.5. The number of aryl methyl sites for hydroxylation is 2. The van der Waals surface area contributed by atoms with Crippen LogP contribution in [0.4, 0.5) is 0 Å². The number of aromatic nitrogens is 6. The molecule has 10 aromatic rings. The molecule has 6 aromatic carbocycles. The first-order valence-corrected chi connectivity index (χ1v) is 19.7. The van der Waals surface area contributed by atoms with Gasteiger partial charge in [-0.3, -0.25) is 0 Å². The van der Waals surface area contributed by atoms with E-state index in [4.69, 9.17) is 9.97 Å². The Morgan fingerprint density at radius 1 is 0.410 bits per heavy atom. The minimum atomic E-state index is -0.165. The van der Waals surface area contributed by atoms with Crippen molar-refractivity contribution in [2.45, 2.75) is 13.8 Å². The molecule has 0 aliphatic rings. The molecule has 4 heterocycles. The Labute approximate surface area is 385 Å². The van der Waals surface area contributed by atoms with Crippen LogP contribution in [0.5, 0.6) is 0 Å².